The smallest absolute Gasteiger partial charge is 0.348 e. The number of fused-ring (bicyclic) bond motifs is 1. The van der Waals surface area contributed by atoms with Crippen LogP contribution in [0.2, 0.25) is 0 Å². The average molecular weight is 476 g/mol. The number of esters is 1. The first-order chi connectivity index (χ1) is 16.6. The molecule has 0 atom stereocenters. The van der Waals surface area contributed by atoms with Crippen LogP contribution in [0.1, 0.15) is 38.1 Å². The van der Waals surface area contributed by atoms with Crippen molar-refractivity contribution < 1.29 is 23.8 Å². The van der Waals surface area contributed by atoms with Crippen LogP contribution < -0.4 is 10.1 Å². The van der Waals surface area contributed by atoms with Crippen molar-refractivity contribution in [2.45, 2.75) is 20.1 Å². The van der Waals surface area contributed by atoms with Crippen molar-refractivity contribution in [3.63, 3.8) is 0 Å². The van der Waals surface area contributed by atoms with Gasteiger partial charge in [-0.05, 0) is 60.3 Å². The fourth-order valence-corrected chi connectivity index (χ4v) is 4.47. The molecule has 0 saturated carbocycles. The fraction of sp³-hybridized carbons (Fsp3) is 0.185. The van der Waals surface area contributed by atoms with Gasteiger partial charge >= 0.3 is 5.97 Å². The van der Waals surface area contributed by atoms with Crippen molar-refractivity contribution in [2.24, 2.45) is 0 Å². The number of carbonyl (C=O) groups is 2. The zero-order valence-corrected chi connectivity index (χ0v) is 19.8. The zero-order chi connectivity index (χ0) is 23.9. The topological polar surface area (TPSA) is 73.9 Å². The average Bonchev–Trinajstić information content (AvgIpc) is 3.29. The summed E-state index contributed by atoms with van der Waals surface area (Å²) in [6, 6.07) is 22.5. The van der Waals surface area contributed by atoms with Gasteiger partial charge in [0.05, 0.1) is 26.9 Å². The highest BCUT2D eigenvalue weighted by atomic mass is 32.1. The lowest BCUT2D eigenvalue weighted by Gasteiger charge is -2.13. The second kappa shape index (κ2) is 11.0. The van der Waals surface area contributed by atoms with Crippen molar-refractivity contribution in [3.8, 4) is 5.75 Å². The molecule has 4 rings (SSSR count). The number of methoxy groups -OCH3 is 1. The van der Waals surface area contributed by atoms with Crippen molar-refractivity contribution in [3.05, 3.63) is 94.4 Å². The van der Waals surface area contributed by atoms with Crippen LogP contribution in [0, 0.1) is 0 Å². The second-order valence-corrected chi connectivity index (χ2v) is 8.63. The fourth-order valence-electron chi connectivity index (χ4n) is 3.51. The number of carbonyl (C=O) groups excluding carboxylic acids is 2. The van der Waals surface area contributed by atoms with Gasteiger partial charge in [-0.1, -0.05) is 30.3 Å². The second-order valence-electron chi connectivity index (χ2n) is 7.54. The Bertz CT molecular complexity index is 1300. The molecular formula is C27H25NO5S. The molecule has 1 heterocycles. The molecule has 1 N–H and O–H groups in total. The number of anilines is 1. The first-order valence-electron chi connectivity index (χ1n) is 10.9. The van der Waals surface area contributed by atoms with E-state index in [0.29, 0.717) is 41.7 Å². The number of hydrogen-bond donors (Lipinski definition) is 1. The van der Waals surface area contributed by atoms with Crippen molar-refractivity contribution in [2.75, 3.05) is 19.0 Å². The summed E-state index contributed by atoms with van der Waals surface area (Å²) in [5.74, 6) is 0.0838. The Labute approximate surface area is 202 Å². The highest BCUT2D eigenvalue weighted by Crippen LogP contribution is 2.29. The summed E-state index contributed by atoms with van der Waals surface area (Å²) >= 11 is 1.35. The van der Waals surface area contributed by atoms with E-state index in [1.165, 1.54) is 18.4 Å². The number of amides is 1. The van der Waals surface area contributed by atoms with E-state index in [1.54, 1.807) is 24.3 Å². The van der Waals surface area contributed by atoms with Crippen LogP contribution >= 0.6 is 11.3 Å². The van der Waals surface area contributed by atoms with Gasteiger partial charge in [0.25, 0.3) is 5.91 Å². The standard InChI is InChI=1S/C27H25NO5S/c1-3-33-23-11-9-19(13-21(23)17-32-16-18-7-5-4-6-8-18)26(29)28-22-10-12-24-20(14-22)15-25(34-24)27(30)31-2/h4-15H,3,16-17H2,1-2H3,(H,28,29). The van der Waals surface area contributed by atoms with E-state index in [0.717, 1.165) is 21.2 Å². The molecule has 174 valence electrons. The largest absolute Gasteiger partial charge is 0.494 e. The molecule has 3 aromatic carbocycles. The molecule has 1 amide bonds. The molecule has 0 spiro atoms. The van der Waals surface area contributed by atoms with Crippen molar-refractivity contribution in [1.29, 1.82) is 0 Å². The van der Waals surface area contributed by atoms with Crippen LogP contribution in [-0.4, -0.2) is 25.6 Å². The minimum absolute atomic E-state index is 0.241. The first-order valence-corrected chi connectivity index (χ1v) is 11.7. The molecule has 7 heteroatoms. The van der Waals surface area contributed by atoms with Gasteiger partial charge in [-0.25, -0.2) is 4.79 Å². The maximum absolute atomic E-state index is 13.0. The Hall–Kier alpha value is -3.68. The Morgan fingerprint density at radius 2 is 1.76 bits per heavy atom. The maximum Gasteiger partial charge on any atom is 0.348 e. The Kier molecular flexibility index (Phi) is 7.57. The number of rotatable bonds is 9. The molecular weight excluding hydrogens is 450 g/mol. The minimum atomic E-state index is -0.372. The lowest BCUT2D eigenvalue weighted by molar-refractivity contribution is 0.0606. The number of thiophene rings is 1. The number of benzene rings is 3. The third kappa shape index (κ3) is 5.62. The summed E-state index contributed by atoms with van der Waals surface area (Å²) in [5, 5.41) is 3.80. The summed E-state index contributed by atoms with van der Waals surface area (Å²) in [7, 11) is 1.36. The molecule has 0 bridgehead atoms. The van der Waals surface area contributed by atoms with E-state index in [-0.39, 0.29) is 11.9 Å². The van der Waals surface area contributed by atoms with Gasteiger partial charge in [-0.3, -0.25) is 4.79 Å². The molecule has 0 fully saturated rings. The molecule has 0 aliphatic carbocycles. The van der Waals surface area contributed by atoms with E-state index in [4.69, 9.17) is 14.2 Å². The van der Waals surface area contributed by atoms with Gasteiger partial charge in [0, 0.05) is 21.5 Å². The van der Waals surface area contributed by atoms with Crippen LogP contribution in [0.5, 0.6) is 5.75 Å². The molecule has 34 heavy (non-hydrogen) atoms. The maximum atomic E-state index is 13.0. The Balaban J connectivity index is 1.48. The third-order valence-electron chi connectivity index (χ3n) is 5.15. The highest BCUT2D eigenvalue weighted by molar-refractivity contribution is 7.20. The Morgan fingerprint density at radius 1 is 0.941 bits per heavy atom. The summed E-state index contributed by atoms with van der Waals surface area (Å²) < 4.78 is 17.3. The normalized spacial score (nSPS) is 10.8. The van der Waals surface area contributed by atoms with Gasteiger partial charge < -0.3 is 19.5 Å². The van der Waals surface area contributed by atoms with Gasteiger partial charge in [0.2, 0.25) is 0 Å². The summed E-state index contributed by atoms with van der Waals surface area (Å²) in [5.41, 5.74) is 3.03. The molecule has 0 unspecified atom stereocenters. The van der Waals surface area contributed by atoms with Crippen LogP contribution in [-0.2, 0) is 22.7 Å². The van der Waals surface area contributed by atoms with Crippen LogP contribution in [0.4, 0.5) is 5.69 Å². The summed E-state index contributed by atoms with van der Waals surface area (Å²) in [4.78, 5) is 25.3. The first kappa shape index (κ1) is 23.5. The number of ether oxygens (including phenoxy) is 3. The Morgan fingerprint density at radius 3 is 2.53 bits per heavy atom. The molecule has 4 aromatic rings. The van der Waals surface area contributed by atoms with E-state index in [2.05, 4.69) is 5.32 Å². The van der Waals surface area contributed by atoms with Crippen molar-refractivity contribution in [1.82, 2.24) is 0 Å². The number of nitrogens with one attached hydrogen (secondary N) is 1. The van der Waals surface area contributed by atoms with E-state index in [1.807, 2.05) is 55.5 Å². The zero-order valence-electron chi connectivity index (χ0n) is 19.0. The minimum Gasteiger partial charge on any atom is -0.494 e. The predicted octanol–water partition coefficient (Wildman–Crippen LogP) is 6.06. The predicted molar refractivity (Wildman–Crippen MR) is 134 cm³/mol. The van der Waals surface area contributed by atoms with E-state index < -0.39 is 0 Å². The SMILES string of the molecule is CCOc1ccc(C(=O)Nc2ccc3sc(C(=O)OC)cc3c2)cc1COCc1ccccc1. The van der Waals surface area contributed by atoms with E-state index in [9.17, 15) is 9.59 Å². The lowest BCUT2D eigenvalue weighted by atomic mass is 10.1. The van der Waals surface area contributed by atoms with Gasteiger partial charge in [0.1, 0.15) is 10.6 Å². The van der Waals surface area contributed by atoms with Gasteiger partial charge in [-0.15, -0.1) is 11.3 Å². The van der Waals surface area contributed by atoms with Crippen LogP contribution in [0.25, 0.3) is 10.1 Å². The molecule has 0 aliphatic rings. The number of hydrogen-bond acceptors (Lipinski definition) is 6. The monoisotopic (exact) mass is 475 g/mol. The van der Waals surface area contributed by atoms with Crippen LogP contribution in [0.15, 0.2) is 72.8 Å². The molecule has 6 nitrogen and oxygen atoms in total. The highest BCUT2D eigenvalue weighted by Gasteiger charge is 2.14. The van der Waals surface area contributed by atoms with Crippen LogP contribution in [0.3, 0.4) is 0 Å². The molecule has 0 aliphatic heterocycles. The molecule has 0 radical (unpaired) electrons. The van der Waals surface area contributed by atoms with Gasteiger partial charge in [-0.2, -0.15) is 0 Å². The van der Waals surface area contributed by atoms with Crippen molar-refractivity contribution >= 4 is 39.0 Å². The van der Waals surface area contributed by atoms with Gasteiger partial charge in [0.15, 0.2) is 0 Å². The third-order valence-corrected chi connectivity index (χ3v) is 6.25. The lowest BCUT2D eigenvalue weighted by Crippen LogP contribution is -2.12. The molecule has 0 saturated heterocycles. The van der Waals surface area contributed by atoms with E-state index >= 15 is 0 Å². The molecule has 1 aromatic heterocycles. The summed E-state index contributed by atoms with van der Waals surface area (Å²) in [6.45, 7) is 3.23. The summed E-state index contributed by atoms with van der Waals surface area (Å²) in [6.07, 6.45) is 0. The quantitative estimate of drug-likeness (QED) is 0.298.